The molecule has 1 aliphatic carbocycles. The van der Waals surface area contributed by atoms with Crippen molar-refractivity contribution in [2.24, 2.45) is 0 Å². The zero-order valence-corrected chi connectivity index (χ0v) is 14.5. The summed E-state index contributed by atoms with van der Waals surface area (Å²) >= 11 is 0. The van der Waals surface area contributed by atoms with E-state index in [1.807, 2.05) is 25.1 Å². The highest BCUT2D eigenvalue weighted by Crippen LogP contribution is 2.27. The Balaban J connectivity index is 1.90. The molecule has 128 valence electrons. The number of nitrogens with one attached hydrogen (secondary N) is 1. The summed E-state index contributed by atoms with van der Waals surface area (Å²) in [6, 6.07) is 7.75. The molecule has 0 saturated heterocycles. The Hall–Kier alpha value is -2.30. The lowest BCUT2D eigenvalue weighted by molar-refractivity contribution is -0.123. The standard InChI is InChI=1S/C19H24N2O3/c1-4-21-17-9-14(24-11-18(22)20-13-5-6-13)7-8-15(17)16(12(2)3)10-19(21)23/h7-10,12-13H,4-6,11H2,1-3H3,(H,20,22). The summed E-state index contributed by atoms with van der Waals surface area (Å²) in [6.07, 6.45) is 2.12. The number of fused-ring (bicyclic) bond motifs is 1. The molecule has 0 aliphatic heterocycles. The number of carbonyl (C=O) groups excluding carboxylic acids is 1. The zero-order valence-electron chi connectivity index (χ0n) is 14.5. The maximum atomic E-state index is 12.4. The molecule has 24 heavy (non-hydrogen) atoms. The van der Waals surface area contributed by atoms with E-state index in [2.05, 4.69) is 19.2 Å². The van der Waals surface area contributed by atoms with Crippen LogP contribution in [0.4, 0.5) is 0 Å². The number of rotatable bonds is 6. The van der Waals surface area contributed by atoms with Crippen molar-refractivity contribution >= 4 is 16.8 Å². The number of benzene rings is 1. The molecule has 0 radical (unpaired) electrons. The number of ether oxygens (including phenoxy) is 1. The average Bonchev–Trinajstić information content (AvgIpc) is 3.35. The Bertz CT molecular complexity index is 819. The SMILES string of the molecule is CCn1c(=O)cc(C(C)C)c2ccc(OCC(=O)NC3CC3)cc21. The van der Waals surface area contributed by atoms with E-state index in [0.29, 0.717) is 18.3 Å². The molecular weight excluding hydrogens is 304 g/mol. The first-order valence-corrected chi connectivity index (χ1v) is 8.59. The topological polar surface area (TPSA) is 60.3 Å². The molecule has 1 heterocycles. The van der Waals surface area contributed by atoms with Gasteiger partial charge in [0.05, 0.1) is 5.52 Å². The highest BCUT2D eigenvalue weighted by Gasteiger charge is 2.23. The van der Waals surface area contributed by atoms with Crippen molar-refractivity contribution in [1.82, 2.24) is 9.88 Å². The summed E-state index contributed by atoms with van der Waals surface area (Å²) < 4.78 is 7.35. The summed E-state index contributed by atoms with van der Waals surface area (Å²) in [5, 5.41) is 3.95. The highest BCUT2D eigenvalue weighted by molar-refractivity contribution is 5.84. The molecule has 5 heteroatoms. The van der Waals surface area contributed by atoms with Gasteiger partial charge in [0.25, 0.3) is 11.5 Å². The molecule has 1 fully saturated rings. The van der Waals surface area contributed by atoms with Crippen LogP contribution in [0.3, 0.4) is 0 Å². The number of hydrogen-bond donors (Lipinski definition) is 1. The van der Waals surface area contributed by atoms with Crippen molar-refractivity contribution in [3.8, 4) is 5.75 Å². The third kappa shape index (κ3) is 3.45. The number of aromatic nitrogens is 1. The van der Waals surface area contributed by atoms with E-state index in [-0.39, 0.29) is 24.0 Å². The quantitative estimate of drug-likeness (QED) is 0.887. The fraction of sp³-hybridized carbons (Fsp3) is 0.474. The van der Waals surface area contributed by atoms with E-state index >= 15 is 0 Å². The van der Waals surface area contributed by atoms with Crippen molar-refractivity contribution in [3.05, 3.63) is 40.2 Å². The van der Waals surface area contributed by atoms with Crippen LogP contribution in [-0.2, 0) is 11.3 Å². The van der Waals surface area contributed by atoms with Crippen LogP contribution in [0.2, 0.25) is 0 Å². The smallest absolute Gasteiger partial charge is 0.258 e. The molecule has 0 bridgehead atoms. The van der Waals surface area contributed by atoms with Gasteiger partial charge in [0.2, 0.25) is 0 Å². The molecule has 0 spiro atoms. The minimum Gasteiger partial charge on any atom is -0.484 e. The predicted octanol–water partition coefficient (Wildman–Crippen LogP) is 2.80. The molecule has 1 aromatic heterocycles. The molecule has 3 rings (SSSR count). The van der Waals surface area contributed by atoms with Crippen LogP contribution < -0.4 is 15.6 Å². The Labute approximate surface area is 141 Å². The first-order chi connectivity index (χ1) is 11.5. The Kier molecular flexibility index (Phi) is 4.60. The molecule has 1 amide bonds. The monoisotopic (exact) mass is 328 g/mol. The molecule has 0 unspecified atom stereocenters. The summed E-state index contributed by atoms with van der Waals surface area (Å²) in [5.74, 6) is 0.778. The molecule has 1 aliphatic rings. The largest absolute Gasteiger partial charge is 0.484 e. The van der Waals surface area contributed by atoms with E-state index in [1.165, 1.54) is 0 Å². The molecule has 1 N–H and O–H groups in total. The summed E-state index contributed by atoms with van der Waals surface area (Å²) in [4.78, 5) is 24.1. The molecule has 0 atom stereocenters. The van der Waals surface area contributed by atoms with Gasteiger partial charge in [-0.3, -0.25) is 9.59 Å². The fourth-order valence-corrected chi connectivity index (χ4v) is 2.93. The van der Waals surface area contributed by atoms with Gasteiger partial charge in [-0.15, -0.1) is 0 Å². The summed E-state index contributed by atoms with van der Waals surface area (Å²) in [7, 11) is 0. The van der Waals surface area contributed by atoms with E-state index in [9.17, 15) is 9.59 Å². The van der Waals surface area contributed by atoms with Gasteiger partial charge in [-0.05, 0) is 43.4 Å². The van der Waals surface area contributed by atoms with Crippen LogP contribution >= 0.6 is 0 Å². The first-order valence-electron chi connectivity index (χ1n) is 8.59. The van der Waals surface area contributed by atoms with Crippen molar-refractivity contribution < 1.29 is 9.53 Å². The normalized spacial score (nSPS) is 14.2. The highest BCUT2D eigenvalue weighted by atomic mass is 16.5. The van der Waals surface area contributed by atoms with Crippen molar-refractivity contribution in [2.75, 3.05) is 6.61 Å². The lowest BCUT2D eigenvalue weighted by Gasteiger charge is -2.15. The van der Waals surface area contributed by atoms with Gasteiger partial charge < -0.3 is 14.6 Å². The molecule has 1 aromatic carbocycles. The van der Waals surface area contributed by atoms with Gasteiger partial charge in [0, 0.05) is 30.1 Å². The lowest BCUT2D eigenvalue weighted by Crippen LogP contribution is -2.30. The summed E-state index contributed by atoms with van der Waals surface area (Å²) in [5.41, 5.74) is 1.89. The van der Waals surface area contributed by atoms with Crippen LogP contribution in [0.1, 0.15) is 45.1 Å². The predicted molar refractivity (Wildman–Crippen MR) is 94.6 cm³/mol. The summed E-state index contributed by atoms with van der Waals surface area (Å²) in [6.45, 7) is 6.71. The number of nitrogens with zero attached hydrogens (tertiary/aromatic N) is 1. The van der Waals surface area contributed by atoms with E-state index < -0.39 is 0 Å². The van der Waals surface area contributed by atoms with Crippen LogP contribution in [0, 0.1) is 0 Å². The fourth-order valence-electron chi connectivity index (χ4n) is 2.93. The second-order valence-corrected chi connectivity index (χ2v) is 6.65. The van der Waals surface area contributed by atoms with Gasteiger partial charge in [-0.2, -0.15) is 0 Å². The number of hydrogen-bond acceptors (Lipinski definition) is 3. The third-order valence-electron chi connectivity index (χ3n) is 4.37. The number of aryl methyl sites for hydroxylation is 1. The Morgan fingerprint density at radius 3 is 2.71 bits per heavy atom. The second-order valence-electron chi connectivity index (χ2n) is 6.65. The van der Waals surface area contributed by atoms with E-state index in [4.69, 9.17) is 4.74 Å². The average molecular weight is 328 g/mol. The number of carbonyl (C=O) groups is 1. The van der Waals surface area contributed by atoms with Crippen LogP contribution in [-0.4, -0.2) is 23.1 Å². The zero-order chi connectivity index (χ0) is 17.3. The van der Waals surface area contributed by atoms with Crippen molar-refractivity contribution in [1.29, 1.82) is 0 Å². The van der Waals surface area contributed by atoms with Crippen LogP contribution in [0.25, 0.3) is 10.9 Å². The van der Waals surface area contributed by atoms with Gasteiger partial charge >= 0.3 is 0 Å². The second kappa shape index (κ2) is 6.67. The van der Waals surface area contributed by atoms with E-state index in [0.717, 1.165) is 29.3 Å². The van der Waals surface area contributed by atoms with Crippen molar-refractivity contribution in [2.45, 2.75) is 52.1 Å². The van der Waals surface area contributed by atoms with Crippen LogP contribution in [0.5, 0.6) is 5.75 Å². The van der Waals surface area contributed by atoms with Crippen molar-refractivity contribution in [3.63, 3.8) is 0 Å². The van der Waals surface area contributed by atoms with E-state index in [1.54, 1.807) is 10.6 Å². The third-order valence-corrected chi connectivity index (χ3v) is 4.37. The van der Waals surface area contributed by atoms with Crippen LogP contribution in [0.15, 0.2) is 29.1 Å². The maximum Gasteiger partial charge on any atom is 0.258 e. The first kappa shape index (κ1) is 16.6. The maximum absolute atomic E-state index is 12.4. The van der Waals surface area contributed by atoms with Gasteiger partial charge in [-0.1, -0.05) is 13.8 Å². The minimum absolute atomic E-state index is 0.00222. The Morgan fingerprint density at radius 2 is 2.08 bits per heavy atom. The Morgan fingerprint density at radius 1 is 1.33 bits per heavy atom. The number of amides is 1. The molecule has 2 aromatic rings. The van der Waals surface area contributed by atoms with Gasteiger partial charge in [-0.25, -0.2) is 0 Å². The molecule has 5 nitrogen and oxygen atoms in total. The van der Waals surface area contributed by atoms with Gasteiger partial charge in [0.15, 0.2) is 6.61 Å². The number of pyridine rings is 1. The minimum atomic E-state index is -0.0959. The van der Waals surface area contributed by atoms with Gasteiger partial charge in [0.1, 0.15) is 5.75 Å². The lowest BCUT2D eigenvalue weighted by atomic mass is 9.98. The molecule has 1 saturated carbocycles. The molecular formula is C19H24N2O3.